The van der Waals surface area contributed by atoms with Crippen LogP contribution >= 0.6 is 24.0 Å². The Labute approximate surface area is 137 Å². The summed E-state index contributed by atoms with van der Waals surface area (Å²) in [4.78, 5) is 6.32. The molecule has 1 heterocycles. The number of aliphatic imine (C=N–C) groups is 1. The van der Waals surface area contributed by atoms with Gasteiger partial charge in [-0.15, -0.1) is 24.0 Å². The molecule has 0 spiro atoms. The molecule has 0 saturated carbocycles. The van der Waals surface area contributed by atoms with Gasteiger partial charge < -0.3 is 15.8 Å². The molecule has 2 rings (SSSR count). The summed E-state index contributed by atoms with van der Waals surface area (Å²) in [5.74, 6) is 0.473. The second kappa shape index (κ2) is 9.15. The monoisotopic (exact) mass is 390 g/mol. The van der Waals surface area contributed by atoms with Gasteiger partial charge in [0.05, 0.1) is 13.2 Å². The third-order valence-corrected chi connectivity index (χ3v) is 3.32. The summed E-state index contributed by atoms with van der Waals surface area (Å²) in [7, 11) is 1.68. The van der Waals surface area contributed by atoms with Crippen LogP contribution in [0.25, 0.3) is 0 Å². The van der Waals surface area contributed by atoms with Gasteiger partial charge in [0.25, 0.3) is 0 Å². The van der Waals surface area contributed by atoms with Crippen molar-refractivity contribution in [3.05, 3.63) is 35.4 Å². The standard InChI is InChI=1S/C14H22N4O.HI/c1-16-14(15)17-10-12-4-2-3-5-13(12)11-18-6-8-19-9-7-18;/h2-5H,6-11H2,1H3,(H3,15,16,17);1H. The number of ether oxygens (including phenoxy) is 1. The molecule has 1 aromatic rings. The fourth-order valence-electron chi connectivity index (χ4n) is 2.15. The van der Waals surface area contributed by atoms with E-state index in [1.807, 2.05) is 0 Å². The highest BCUT2D eigenvalue weighted by atomic mass is 127. The molecule has 0 atom stereocenters. The highest BCUT2D eigenvalue weighted by Gasteiger charge is 2.12. The van der Waals surface area contributed by atoms with Gasteiger partial charge in [0, 0.05) is 33.2 Å². The normalized spacial score (nSPS) is 16.6. The molecule has 0 radical (unpaired) electrons. The van der Waals surface area contributed by atoms with Gasteiger partial charge in [0.2, 0.25) is 0 Å². The van der Waals surface area contributed by atoms with Gasteiger partial charge in [-0.05, 0) is 11.1 Å². The van der Waals surface area contributed by atoms with Crippen LogP contribution < -0.4 is 11.1 Å². The molecule has 0 unspecified atom stereocenters. The van der Waals surface area contributed by atoms with Crippen LogP contribution in [0.15, 0.2) is 29.3 Å². The predicted octanol–water partition coefficient (Wildman–Crippen LogP) is 1.17. The topological polar surface area (TPSA) is 62.9 Å². The fraction of sp³-hybridized carbons (Fsp3) is 0.500. The van der Waals surface area contributed by atoms with Crippen molar-refractivity contribution in [3.63, 3.8) is 0 Å². The lowest BCUT2D eigenvalue weighted by Gasteiger charge is -2.27. The Morgan fingerprint density at radius 2 is 1.95 bits per heavy atom. The molecule has 1 aliphatic rings. The van der Waals surface area contributed by atoms with E-state index in [1.54, 1.807) is 7.05 Å². The summed E-state index contributed by atoms with van der Waals surface area (Å²) < 4.78 is 5.37. The molecule has 112 valence electrons. The van der Waals surface area contributed by atoms with Crippen LogP contribution in [0.3, 0.4) is 0 Å². The van der Waals surface area contributed by atoms with Crippen molar-refractivity contribution in [2.75, 3.05) is 33.4 Å². The Bertz CT molecular complexity index is 433. The molecule has 1 aromatic carbocycles. The first-order valence-electron chi connectivity index (χ1n) is 6.62. The zero-order valence-electron chi connectivity index (χ0n) is 11.8. The van der Waals surface area contributed by atoms with Crippen LogP contribution in [0.5, 0.6) is 0 Å². The van der Waals surface area contributed by atoms with Crippen LogP contribution in [0.2, 0.25) is 0 Å². The summed E-state index contributed by atoms with van der Waals surface area (Å²) in [5, 5.41) is 3.11. The quantitative estimate of drug-likeness (QED) is 0.461. The lowest BCUT2D eigenvalue weighted by molar-refractivity contribution is 0.0341. The van der Waals surface area contributed by atoms with Crippen molar-refractivity contribution >= 4 is 29.9 Å². The van der Waals surface area contributed by atoms with Crippen molar-refractivity contribution in [2.24, 2.45) is 10.7 Å². The van der Waals surface area contributed by atoms with E-state index in [0.29, 0.717) is 12.5 Å². The highest BCUT2D eigenvalue weighted by molar-refractivity contribution is 14.0. The van der Waals surface area contributed by atoms with E-state index in [0.717, 1.165) is 32.8 Å². The fourth-order valence-corrected chi connectivity index (χ4v) is 2.15. The molecule has 1 aliphatic heterocycles. The molecule has 0 aromatic heterocycles. The van der Waals surface area contributed by atoms with Crippen molar-refractivity contribution in [1.29, 1.82) is 0 Å². The van der Waals surface area contributed by atoms with E-state index >= 15 is 0 Å². The molecule has 1 saturated heterocycles. The number of rotatable bonds is 4. The van der Waals surface area contributed by atoms with Gasteiger partial charge in [-0.3, -0.25) is 9.89 Å². The number of morpholine rings is 1. The first kappa shape index (κ1) is 17.2. The molecule has 5 nitrogen and oxygen atoms in total. The van der Waals surface area contributed by atoms with Crippen molar-refractivity contribution in [2.45, 2.75) is 13.1 Å². The van der Waals surface area contributed by atoms with Gasteiger partial charge >= 0.3 is 0 Å². The third-order valence-electron chi connectivity index (χ3n) is 3.32. The number of guanidine groups is 1. The Balaban J connectivity index is 0.00000200. The first-order chi connectivity index (χ1) is 9.29. The second-order valence-electron chi connectivity index (χ2n) is 4.62. The van der Waals surface area contributed by atoms with Crippen LogP contribution in [0.4, 0.5) is 0 Å². The average molecular weight is 390 g/mol. The number of nitrogens with one attached hydrogen (secondary N) is 1. The zero-order chi connectivity index (χ0) is 13.5. The Hall–Kier alpha value is -0.860. The molecular formula is C14H23IN4O. The summed E-state index contributed by atoms with van der Waals surface area (Å²) in [6, 6.07) is 8.44. The predicted molar refractivity (Wildman–Crippen MR) is 92.3 cm³/mol. The van der Waals surface area contributed by atoms with Gasteiger partial charge in [-0.2, -0.15) is 0 Å². The molecule has 1 fully saturated rings. The SMILES string of the molecule is CN=C(N)NCc1ccccc1CN1CCOCC1.I. The van der Waals surface area contributed by atoms with Crippen molar-refractivity contribution in [1.82, 2.24) is 10.2 Å². The van der Waals surface area contributed by atoms with E-state index in [2.05, 4.69) is 39.5 Å². The number of halogens is 1. The molecular weight excluding hydrogens is 367 g/mol. The maximum Gasteiger partial charge on any atom is 0.188 e. The van der Waals surface area contributed by atoms with E-state index < -0.39 is 0 Å². The van der Waals surface area contributed by atoms with Crippen LogP contribution in [-0.4, -0.2) is 44.2 Å². The van der Waals surface area contributed by atoms with Crippen LogP contribution in [0.1, 0.15) is 11.1 Å². The minimum atomic E-state index is 0. The molecule has 0 aliphatic carbocycles. The summed E-state index contributed by atoms with van der Waals surface area (Å²) in [6.07, 6.45) is 0. The van der Waals surface area contributed by atoms with E-state index in [-0.39, 0.29) is 24.0 Å². The zero-order valence-corrected chi connectivity index (χ0v) is 14.2. The molecule has 20 heavy (non-hydrogen) atoms. The van der Waals surface area contributed by atoms with Crippen molar-refractivity contribution in [3.8, 4) is 0 Å². The Morgan fingerprint density at radius 3 is 2.60 bits per heavy atom. The smallest absolute Gasteiger partial charge is 0.188 e. The second-order valence-corrected chi connectivity index (χ2v) is 4.62. The number of nitrogens with two attached hydrogens (primary N) is 1. The lowest BCUT2D eigenvalue weighted by atomic mass is 10.1. The summed E-state index contributed by atoms with van der Waals surface area (Å²) in [6.45, 7) is 5.33. The number of benzene rings is 1. The molecule has 0 bridgehead atoms. The Morgan fingerprint density at radius 1 is 1.30 bits per heavy atom. The molecule has 6 heteroatoms. The number of hydrogen-bond donors (Lipinski definition) is 2. The third kappa shape index (κ3) is 5.26. The maximum absolute atomic E-state index is 5.67. The molecule has 3 N–H and O–H groups in total. The van der Waals surface area contributed by atoms with Gasteiger partial charge in [0.15, 0.2) is 5.96 Å². The summed E-state index contributed by atoms with van der Waals surface area (Å²) in [5.41, 5.74) is 8.27. The van der Waals surface area contributed by atoms with Gasteiger partial charge in [-0.1, -0.05) is 24.3 Å². The summed E-state index contributed by atoms with van der Waals surface area (Å²) >= 11 is 0. The van der Waals surface area contributed by atoms with Crippen LogP contribution in [0, 0.1) is 0 Å². The van der Waals surface area contributed by atoms with Crippen molar-refractivity contribution < 1.29 is 4.74 Å². The average Bonchev–Trinajstić information content (AvgIpc) is 2.47. The Kier molecular flexibility index (Phi) is 7.86. The minimum Gasteiger partial charge on any atom is -0.379 e. The molecule has 0 amide bonds. The van der Waals surface area contributed by atoms with E-state index in [9.17, 15) is 0 Å². The lowest BCUT2D eigenvalue weighted by Crippen LogP contribution is -2.36. The minimum absolute atomic E-state index is 0. The highest BCUT2D eigenvalue weighted by Crippen LogP contribution is 2.12. The van der Waals surface area contributed by atoms with Gasteiger partial charge in [-0.25, -0.2) is 0 Å². The van der Waals surface area contributed by atoms with Gasteiger partial charge in [0.1, 0.15) is 0 Å². The van der Waals surface area contributed by atoms with E-state index in [1.165, 1.54) is 11.1 Å². The number of hydrogen-bond acceptors (Lipinski definition) is 3. The van der Waals surface area contributed by atoms with Crippen LogP contribution in [-0.2, 0) is 17.8 Å². The maximum atomic E-state index is 5.67. The van der Waals surface area contributed by atoms with E-state index in [4.69, 9.17) is 10.5 Å². The number of nitrogens with zero attached hydrogens (tertiary/aromatic N) is 2. The first-order valence-corrected chi connectivity index (χ1v) is 6.62. The largest absolute Gasteiger partial charge is 0.379 e.